The number of aromatic hydroxyl groups is 2. The van der Waals surface area contributed by atoms with Gasteiger partial charge in [-0.15, -0.1) is 0 Å². The summed E-state index contributed by atoms with van der Waals surface area (Å²) in [6.45, 7) is 2.80. The van der Waals surface area contributed by atoms with E-state index >= 15 is 0 Å². The number of phenols is 2. The molecule has 0 aliphatic heterocycles. The van der Waals surface area contributed by atoms with Gasteiger partial charge in [-0.3, -0.25) is 4.79 Å². The molecule has 104 valence electrons. The van der Waals surface area contributed by atoms with E-state index in [1.54, 1.807) is 6.07 Å². The van der Waals surface area contributed by atoms with Crippen LogP contribution in [0.2, 0.25) is 0 Å². The fourth-order valence-corrected chi connectivity index (χ4v) is 1.86. The third kappa shape index (κ3) is 3.61. The van der Waals surface area contributed by atoms with Crippen LogP contribution >= 0.6 is 0 Å². The lowest BCUT2D eigenvalue weighted by Crippen LogP contribution is -2.43. The highest BCUT2D eigenvalue weighted by atomic mass is 16.3. The molecule has 1 aromatic rings. The number of amides is 1. The zero-order valence-corrected chi connectivity index (χ0v) is 11.0. The second-order valence-corrected chi connectivity index (χ2v) is 5.66. The molecule has 1 fully saturated rings. The van der Waals surface area contributed by atoms with E-state index in [1.807, 2.05) is 0 Å². The van der Waals surface area contributed by atoms with E-state index in [9.17, 15) is 15.0 Å². The van der Waals surface area contributed by atoms with Gasteiger partial charge in [0.15, 0.2) is 11.5 Å². The van der Waals surface area contributed by atoms with Gasteiger partial charge in [-0.25, -0.2) is 0 Å². The molecule has 1 saturated carbocycles. The quantitative estimate of drug-likeness (QED) is 0.594. The van der Waals surface area contributed by atoms with Gasteiger partial charge in [0, 0.05) is 6.54 Å². The number of carbonyl (C=O) groups is 1. The molecule has 5 N–H and O–H groups in total. The maximum absolute atomic E-state index is 11.8. The Bertz CT molecular complexity index is 484. The van der Waals surface area contributed by atoms with Crippen LogP contribution in [0, 0.1) is 5.41 Å². The van der Waals surface area contributed by atoms with Crippen molar-refractivity contribution in [3.05, 3.63) is 23.8 Å². The molecule has 0 bridgehead atoms. The molecule has 2 rings (SSSR count). The van der Waals surface area contributed by atoms with Crippen molar-refractivity contribution in [3.8, 4) is 11.5 Å². The fourth-order valence-electron chi connectivity index (χ4n) is 1.86. The van der Waals surface area contributed by atoms with E-state index in [-0.39, 0.29) is 22.8 Å². The number of nitrogens with one attached hydrogen (secondary N) is 1. The molecule has 1 aliphatic rings. The van der Waals surface area contributed by atoms with Crippen molar-refractivity contribution < 1.29 is 15.0 Å². The Morgan fingerprint density at radius 2 is 2.11 bits per heavy atom. The zero-order chi connectivity index (χ0) is 14.0. The third-order valence-corrected chi connectivity index (χ3v) is 3.63. The summed E-state index contributed by atoms with van der Waals surface area (Å²) in [6, 6.07) is 3.81. The number of rotatable bonds is 5. The highest BCUT2D eigenvalue weighted by Crippen LogP contribution is 2.44. The molecular formula is C14H20N2O3. The molecule has 5 nitrogen and oxygen atoms in total. The Kier molecular flexibility index (Phi) is 3.66. The third-order valence-electron chi connectivity index (χ3n) is 3.63. The van der Waals surface area contributed by atoms with Gasteiger partial charge in [-0.2, -0.15) is 0 Å². The van der Waals surface area contributed by atoms with Crippen molar-refractivity contribution in [2.75, 3.05) is 6.54 Å². The lowest BCUT2D eigenvalue weighted by Gasteiger charge is -2.15. The molecule has 19 heavy (non-hydrogen) atoms. The minimum Gasteiger partial charge on any atom is -0.504 e. The molecule has 0 spiro atoms. The maximum atomic E-state index is 11.8. The highest BCUT2D eigenvalue weighted by Gasteiger charge is 2.37. The first kappa shape index (κ1) is 13.7. The van der Waals surface area contributed by atoms with Gasteiger partial charge in [-0.05, 0) is 42.4 Å². The number of hydrogen-bond donors (Lipinski definition) is 4. The van der Waals surface area contributed by atoms with Gasteiger partial charge in [0.1, 0.15) is 0 Å². The van der Waals surface area contributed by atoms with Crippen LogP contribution in [0.4, 0.5) is 0 Å². The lowest BCUT2D eigenvalue weighted by molar-refractivity contribution is -0.122. The van der Waals surface area contributed by atoms with E-state index < -0.39 is 6.04 Å². The van der Waals surface area contributed by atoms with Crippen LogP contribution in [0.1, 0.15) is 25.3 Å². The molecule has 0 unspecified atom stereocenters. The van der Waals surface area contributed by atoms with Crippen LogP contribution in [0.25, 0.3) is 0 Å². The second kappa shape index (κ2) is 5.09. The predicted molar refractivity (Wildman–Crippen MR) is 71.8 cm³/mol. The van der Waals surface area contributed by atoms with Crippen LogP contribution in [0.5, 0.6) is 11.5 Å². The van der Waals surface area contributed by atoms with Gasteiger partial charge in [-0.1, -0.05) is 13.0 Å². The fraction of sp³-hybridized carbons (Fsp3) is 0.500. The minimum atomic E-state index is -0.647. The minimum absolute atomic E-state index is 0.177. The average Bonchev–Trinajstić information content (AvgIpc) is 3.09. The molecule has 5 heteroatoms. The van der Waals surface area contributed by atoms with Crippen molar-refractivity contribution in [1.82, 2.24) is 5.32 Å². The van der Waals surface area contributed by atoms with Crippen molar-refractivity contribution >= 4 is 5.91 Å². The van der Waals surface area contributed by atoms with Crippen molar-refractivity contribution in [3.63, 3.8) is 0 Å². The standard InChI is InChI=1S/C14H20N2O3/c1-14(4-5-14)8-16-13(19)10(15)6-9-2-3-11(17)12(18)7-9/h2-3,7,10,17-18H,4-6,8,15H2,1H3,(H,16,19)/t10-/m0/s1. The number of phenolic OH excluding ortho intramolecular Hbond substituents is 2. The monoisotopic (exact) mass is 264 g/mol. The number of hydrogen-bond acceptors (Lipinski definition) is 4. The average molecular weight is 264 g/mol. The summed E-state index contributed by atoms with van der Waals surface area (Å²) >= 11 is 0. The summed E-state index contributed by atoms with van der Waals surface area (Å²) < 4.78 is 0. The van der Waals surface area contributed by atoms with Gasteiger partial charge in [0.05, 0.1) is 6.04 Å². The maximum Gasteiger partial charge on any atom is 0.237 e. The van der Waals surface area contributed by atoms with E-state index in [0.717, 1.165) is 18.4 Å². The van der Waals surface area contributed by atoms with Crippen molar-refractivity contribution in [1.29, 1.82) is 0 Å². The first-order valence-electron chi connectivity index (χ1n) is 6.44. The number of nitrogens with two attached hydrogens (primary N) is 1. The van der Waals surface area contributed by atoms with Gasteiger partial charge in [0.25, 0.3) is 0 Å². The summed E-state index contributed by atoms with van der Waals surface area (Å²) in [5.41, 5.74) is 6.81. The topological polar surface area (TPSA) is 95.6 Å². The van der Waals surface area contributed by atoms with Crippen LogP contribution in [0.3, 0.4) is 0 Å². The smallest absolute Gasteiger partial charge is 0.237 e. The molecular weight excluding hydrogens is 244 g/mol. The van der Waals surface area contributed by atoms with Gasteiger partial charge in [0.2, 0.25) is 5.91 Å². The lowest BCUT2D eigenvalue weighted by atomic mass is 10.0. The van der Waals surface area contributed by atoms with Crippen LogP contribution < -0.4 is 11.1 Å². The number of carbonyl (C=O) groups excluding carboxylic acids is 1. The van der Waals surface area contributed by atoms with Crippen molar-refractivity contribution in [2.24, 2.45) is 11.1 Å². The molecule has 0 radical (unpaired) electrons. The zero-order valence-electron chi connectivity index (χ0n) is 11.0. The summed E-state index contributed by atoms with van der Waals surface area (Å²) in [5, 5.41) is 21.4. The molecule has 1 amide bonds. The summed E-state index contributed by atoms with van der Waals surface area (Å²) in [7, 11) is 0. The molecule has 0 saturated heterocycles. The van der Waals surface area contributed by atoms with E-state index in [4.69, 9.17) is 5.73 Å². The van der Waals surface area contributed by atoms with Crippen molar-refractivity contribution in [2.45, 2.75) is 32.2 Å². The first-order chi connectivity index (χ1) is 8.89. The van der Waals surface area contributed by atoms with Crippen LogP contribution in [-0.4, -0.2) is 28.7 Å². The largest absolute Gasteiger partial charge is 0.504 e. The normalized spacial score (nSPS) is 17.8. The Hall–Kier alpha value is -1.75. The molecule has 1 aromatic carbocycles. The summed E-state index contributed by atoms with van der Waals surface area (Å²) in [5.74, 6) is -0.556. The Morgan fingerprint density at radius 1 is 1.42 bits per heavy atom. The predicted octanol–water partition coefficient (Wildman–Crippen LogP) is 0.884. The van der Waals surface area contributed by atoms with E-state index in [2.05, 4.69) is 12.2 Å². The Balaban J connectivity index is 1.86. The molecule has 0 heterocycles. The molecule has 1 atom stereocenters. The SMILES string of the molecule is CC1(CNC(=O)[C@@H](N)Cc2ccc(O)c(O)c2)CC1. The van der Waals surface area contributed by atoms with E-state index in [1.165, 1.54) is 12.1 Å². The van der Waals surface area contributed by atoms with Crippen LogP contribution in [-0.2, 0) is 11.2 Å². The molecule has 1 aliphatic carbocycles. The number of benzene rings is 1. The Labute approximate surface area is 112 Å². The summed E-state index contributed by atoms with van der Waals surface area (Å²) in [4.78, 5) is 11.8. The molecule has 0 aromatic heterocycles. The van der Waals surface area contributed by atoms with Gasteiger partial charge >= 0.3 is 0 Å². The summed E-state index contributed by atoms with van der Waals surface area (Å²) in [6.07, 6.45) is 2.62. The first-order valence-corrected chi connectivity index (χ1v) is 6.44. The second-order valence-electron chi connectivity index (χ2n) is 5.66. The highest BCUT2D eigenvalue weighted by molar-refractivity contribution is 5.81. The Morgan fingerprint density at radius 3 is 2.68 bits per heavy atom. The van der Waals surface area contributed by atoms with Crippen LogP contribution in [0.15, 0.2) is 18.2 Å². The van der Waals surface area contributed by atoms with E-state index in [0.29, 0.717) is 13.0 Å². The van der Waals surface area contributed by atoms with Gasteiger partial charge < -0.3 is 21.3 Å².